The molecule has 0 N–H and O–H groups in total. The van der Waals surface area contributed by atoms with E-state index < -0.39 is 0 Å². The van der Waals surface area contributed by atoms with Crippen molar-refractivity contribution in [2.45, 2.75) is 45.1 Å². The van der Waals surface area contributed by atoms with Crippen molar-refractivity contribution in [2.24, 2.45) is 5.92 Å². The molecule has 2 aromatic carbocycles. The Morgan fingerprint density at radius 3 is 2.04 bits per heavy atom. The standard InChI is InChI=1S/C23H28O/c1-3-18-5-9-20(10-6-18)22-13-15-23(16-14-22)21-11-7-19(8-12-21)17-24-4-2/h3,7-8,11-16,18,20H,1,4-6,9-10,17H2,2H3. The van der Waals surface area contributed by atoms with Crippen LogP contribution in [0, 0.1) is 5.92 Å². The van der Waals surface area contributed by atoms with Gasteiger partial charge in [-0.15, -0.1) is 6.58 Å². The molecule has 24 heavy (non-hydrogen) atoms. The third-order valence-corrected chi connectivity index (χ3v) is 5.25. The van der Waals surface area contributed by atoms with Crippen LogP contribution in [0.1, 0.15) is 49.7 Å². The number of rotatable bonds is 6. The van der Waals surface area contributed by atoms with Gasteiger partial charge in [0, 0.05) is 6.61 Å². The largest absolute Gasteiger partial charge is 0.377 e. The fraction of sp³-hybridized carbons (Fsp3) is 0.391. The first-order chi connectivity index (χ1) is 11.8. The Hall–Kier alpha value is -1.86. The van der Waals surface area contributed by atoms with Gasteiger partial charge in [0.2, 0.25) is 0 Å². The molecule has 1 aliphatic carbocycles. The normalized spacial score (nSPS) is 20.7. The summed E-state index contributed by atoms with van der Waals surface area (Å²) in [7, 11) is 0. The molecule has 1 nitrogen and oxygen atoms in total. The second kappa shape index (κ2) is 8.30. The molecular formula is C23H28O. The van der Waals surface area contributed by atoms with Crippen molar-refractivity contribution in [3.63, 3.8) is 0 Å². The lowest BCUT2D eigenvalue weighted by Gasteiger charge is -2.27. The lowest BCUT2D eigenvalue weighted by atomic mass is 9.78. The summed E-state index contributed by atoms with van der Waals surface area (Å²) in [5.41, 5.74) is 5.30. The molecule has 0 saturated heterocycles. The van der Waals surface area contributed by atoms with E-state index in [1.165, 1.54) is 47.9 Å². The quantitative estimate of drug-likeness (QED) is 0.563. The van der Waals surface area contributed by atoms with Gasteiger partial charge in [-0.1, -0.05) is 54.6 Å². The minimum Gasteiger partial charge on any atom is -0.377 e. The molecule has 0 spiro atoms. The van der Waals surface area contributed by atoms with Gasteiger partial charge in [0.15, 0.2) is 0 Å². The van der Waals surface area contributed by atoms with Gasteiger partial charge in [-0.05, 0) is 66.7 Å². The van der Waals surface area contributed by atoms with Gasteiger partial charge in [-0.3, -0.25) is 0 Å². The minimum atomic E-state index is 0.698. The van der Waals surface area contributed by atoms with E-state index in [4.69, 9.17) is 4.74 Å². The van der Waals surface area contributed by atoms with Gasteiger partial charge in [0.05, 0.1) is 6.61 Å². The second-order valence-corrected chi connectivity index (χ2v) is 6.80. The van der Waals surface area contributed by atoms with E-state index in [-0.39, 0.29) is 0 Å². The average Bonchev–Trinajstić information content (AvgIpc) is 2.67. The van der Waals surface area contributed by atoms with Crippen LogP contribution in [0.2, 0.25) is 0 Å². The Bertz CT molecular complexity index is 631. The number of allylic oxidation sites excluding steroid dienone is 1. The predicted molar refractivity (Wildman–Crippen MR) is 102 cm³/mol. The van der Waals surface area contributed by atoms with Crippen molar-refractivity contribution >= 4 is 0 Å². The molecule has 126 valence electrons. The Balaban J connectivity index is 1.65. The molecule has 0 amide bonds. The van der Waals surface area contributed by atoms with Gasteiger partial charge in [-0.2, -0.15) is 0 Å². The van der Waals surface area contributed by atoms with Gasteiger partial charge in [-0.25, -0.2) is 0 Å². The van der Waals surface area contributed by atoms with Crippen LogP contribution in [0.3, 0.4) is 0 Å². The third kappa shape index (κ3) is 4.15. The molecule has 0 atom stereocenters. The van der Waals surface area contributed by atoms with E-state index in [1.807, 2.05) is 6.92 Å². The fourth-order valence-corrected chi connectivity index (χ4v) is 3.65. The van der Waals surface area contributed by atoms with E-state index in [0.29, 0.717) is 6.61 Å². The monoisotopic (exact) mass is 320 g/mol. The van der Waals surface area contributed by atoms with Crippen molar-refractivity contribution in [2.75, 3.05) is 6.61 Å². The van der Waals surface area contributed by atoms with E-state index >= 15 is 0 Å². The molecule has 1 saturated carbocycles. The minimum absolute atomic E-state index is 0.698. The van der Waals surface area contributed by atoms with Crippen LogP contribution in [0.4, 0.5) is 0 Å². The summed E-state index contributed by atoms with van der Waals surface area (Å²) in [4.78, 5) is 0. The molecule has 0 bridgehead atoms. The zero-order chi connectivity index (χ0) is 16.8. The fourth-order valence-electron chi connectivity index (χ4n) is 3.65. The molecule has 1 aliphatic rings. The number of ether oxygens (including phenoxy) is 1. The first kappa shape index (κ1) is 17.0. The summed E-state index contributed by atoms with van der Waals surface area (Å²) in [5, 5.41) is 0. The van der Waals surface area contributed by atoms with Gasteiger partial charge >= 0.3 is 0 Å². The second-order valence-electron chi connectivity index (χ2n) is 6.80. The van der Waals surface area contributed by atoms with E-state index in [0.717, 1.165) is 18.4 Å². The van der Waals surface area contributed by atoms with Crippen molar-refractivity contribution < 1.29 is 4.74 Å². The number of hydrogen-bond acceptors (Lipinski definition) is 1. The molecule has 0 aliphatic heterocycles. The zero-order valence-corrected chi connectivity index (χ0v) is 14.7. The molecule has 1 fully saturated rings. The highest BCUT2D eigenvalue weighted by Gasteiger charge is 2.20. The lowest BCUT2D eigenvalue weighted by Crippen LogP contribution is -2.11. The maximum atomic E-state index is 5.46. The Morgan fingerprint density at radius 1 is 0.917 bits per heavy atom. The van der Waals surface area contributed by atoms with Crippen LogP contribution in [0.5, 0.6) is 0 Å². The van der Waals surface area contributed by atoms with Crippen molar-refractivity contribution in [1.29, 1.82) is 0 Å². The first-order valence-electron chi connectivity index (χ1n) is 9.19. The molecule has 1 heteroatoms. The summed E-state index contributed by atoms with van der Waals surface area (Å²) in [6.45, 7) is 7.43. The summed E-state index contributed by atoms with van der Waals surface area (Å²) >= 11 is 0. The highest BCUT2D eigenvalue weighted by Crippen LogP contribution is 2.36. The predicted octanol–water partition coefficient (Wildman–Crippen LogP) is 6.35. The number of benzene rings is 2. The Kier molecular flexibility index (Phi) is 5.87. The summed E-state index contributed by atoms with van der Waals surface area (Å²) in [6.07, 6.45) is 7.30. The highest BCUT2D eigenvalue weighted by atomic mass is 16.5. The molecule has 2 aromatic rings. The van der Waals surface area contributed by atoms with E-state index in [2.05, 4.69) is 61.2 Å². The van der Waals surface area contributed by atoms with Crippen LogP contribution >= 0.6 is 0 Å². The molecule has 3 rings (SSSR count). The first-order valence-corrected chi connectivity index (χ1v) is 9.19. The van der Waals surface area contributed by atoms with Gasteiger partial charge in [0.1, 0.15) is 0 Å². The SMILES string of the molecule is C=CC1CCC(c2ccc(-c3ccc(COCC)cc3)cc2)CC1. The number of hydrogen-bond donors (Lipinski definition) is 0. The Labute approximate surface area is 146 Å². The molecular weight excluding hydrogens is 292 g/mol. The summed E-state index contributed by atoms with van der Waals surface area (Å²) < 4.78 is 5.46. The third-order valence-electron chi connectivity index (χ3n) is 5.25. The molecule has 0 radical (unpaired) electrons. The molecule has 0 unspecified atom stereocenters. The van der Waals surface area contributed by atoms with Crippen LogP contribution in [-0.2, 0) is 11.3 Å². The van der Waals surface area contributed by atoms with Gasteiger partial charge in [0.25, 0.3) is 0 Å². The van der Waals surface area contributed by atoms with E-state index in [9.17, 15) is 0 Å². The average molecular weight is 320 g/mol. The summed E-state index contributed by atoms with van der Waals surface area (Å²) in [6, 6.07) is 17.9. The van der Waals surface area contributed by atoms with Gasteiger partial charge < -0.3 is 4.74 Å². The molecule has 0 aromatic heterocycles. The lowest BCUT2D eigenvalue weighted by molar-refractivity contribution is 0.134. The smallest absolute Gasteiger partial charge is 0.0716 e. The molecule has 0 heterocycles. The van der Waals surface area contributed by atoms with Crippen LogP contribution in [0.15, 0.2) is 61.2 Å². The van der Waals surface area contributed by atoms with E-state index in [1.54, 1.807) is 0 Å². The van der Waals surface area contributed by atoms with Crippen molar-refractivity contribution in [3.05, 3.63) is 72.3 Å². The van der Waals surface area contributed by atoms with Crippen molar-refractivity contribution in [1.82, 2.24) is 0 Å². The Morgan fingerprint density at radius 2 is 1.50 bits per heavy atom. The highest BCUT2D eigenvalue weighted by molar-refractivity contribution is 5.64. The van der Waals surface area contributed by atoms with Crippen LogP contribution in [-0.4, -0.2) is 6.61 Å². The summed E-state index contributed by atoms with van der Waals surface area (Å²) in [5.74, 6) is 1.46. The maximum Gasteiger partial charge on any atom is 0.0716 e. The van der Waals surface area contributed by atoms with Crippen LogP contribution < -0.4 is 0 Å². The topological polar surface area (TPSA) is 9.23 Å². The van der Waals surface area contributed by atoms with Crippen molar-refractivity contribution in [3.8, 4) is 11.1 Å². The zero-order valence-electron chi connectivity index (χ0n) is 14.7. The maximum absolute atomic E-state index is 5.46. The van der Waals surface area contributed by atoms with Crippen LogP contribution in [0.25, 0.3) is 11.1 Å².